The minimum atomic E-state index is -0.0308. The lowest BCUT2D eigenvalue weighted by Crippen LogP contribution is -2.27. The fraction of sp³-hybridized carbons (Fsp3) is 0.214. The number of hydrogen-bond donors (Lipinski definition) is 1. The molecule has 1 aromatic heterocycles. The fourth-order valence-electron chi connectivity index (χ4n) is 1.79. The Morgan fingerprint density at radius 2 is 2.00 bits per heavy atom. The molecule has 2 aromatic rings. The Bertz CT molecular complexity index is 565. The van der Waals surface area contributed by atoms with Crippen LogP contribution in [-0.4, -0.2) is 5.91 Å². The predicted octanol–water partition coefficient (Wildman–Crippen LogP) is 5.15. The van der Waals surface area contributed by atoms with Gasteiger partial charge in [0.1, 0.15) is 0 Å². The molecule has 5 heteroatoms. The third kappa shape index (κ3) is 3.91. The maximum absolute atomic E-state index is 12.1. The first-order valence-corrected chi connectivity index (χ1v) is 8.37. The molecule has 19 heavy (non-hydrogen) atoms. The second-order valence-corrected chi connectivity index (χ2v) is 7.33. The summed E-state index contributed by atoms with van der Waals surface area (Å²) in [5.41, 5.74) is 1.82. The number of amides is 1. The molecular formula is C14H13Br2NOS. The van der Waals surface area contributed by atoms with E-state index in [1.807, 2.05) is 35.7 Å². The van der Waals surface area contributed by atoms with Crippen molar-refractivity contribution in [1.82, 2.24) is 5.32 Å². The van der Waals surface area contributed by atoms with Gasteiger partial charge in [-0.15, -0.1) is 11.3 Å². The van der Waals surface area contributed by atoms with Gasteiger partial charge in [-0.05, 0) is 46.1 Å². The Hall–Kier alpha value is -0.650. The van der Waals surface area contributed by atoms with Crippen LogP contribution in [0.25, 0.3) is 0 Å². The maximum atomic E-state index is 12.1. The molecule has 0 radical (unpaired) electrons. The van der Waals surface area contributed by atoms with Crippen molar-refractivity contribution < 1.29 is 4.79 Å². The number of carbonyl (C=O) groups is 1. The standard InChI is InChI=1S/C14H13Br2NOS/c1-2-12(9-3-5-11(15)6-4-9)17-14(18)10-7-13(16)19-8-10/h3-8,12H,2H2,1H3,(H,17,18). The number of hydrogen-bond acceptors (Lipinski definition) is 2. The third-order valence-electron chi connectivity index (χ3n) is 2.82. The van der Waals surface area contributed by atoms with E-state index in [0.29, 0.717) is 5.56 Å². The van der Waals surface area contributed by atoms with Gasteiger partial charge in [-0.1, -0.05) is 35.0 Å². The minimum absolute atomic E-state index is 0.0308. The van der Waals surface area contributed by atoms with Crippen LogP contribution < -0.4 is 5.32 Å². The highest BCUT2D eigenvalue weighted by molar-refractivity contribution is 9.11. The van der Waals surface area contributed by atoms with E-state index >= 15 is 0 Å². The number of thiophene rings is 1. The molecule has 0 aliphatic rings. The van der Waals surface area contributed by atoms with Gasteiger partial charge in [0.15, 0.2) is 0 Å². The molecule has 0 fully saturated rings. The molecule has 1 N–H and O–H groups in total. The molecule has 1 aromatic carbocycles. The number of benzene rings is 1. The fourth-order valence-corrected chi connectivity index (χ4v) is 3.19. The van der Waals surface area contributed by atoms with E-state index in [-0.39, 0.29) is 11.9 Å². The van der Waals surface area contributed by atoms with Crippen LogP contribution in [0.5, 0.6) is 0 Å². The lowest BCUT2D eigenvalue weighted by atomic mass is 10.0. The molecule has 100 valence electrons. The first kappa shape index (κ1) is 14.8. The number of rotatable bonds is 4. The summed E-state index contributed by atoms with van der Waals surface area (Å²) in [6.07, 6.45) is 0.860. The number of carbonyl (C=O) groups excluding carboxylic acids is 1. The number of halogens is 2. The Balaban J connectivity index is 2.11. The van der Waals surface area contributed by atoms with Gasteiger partial charge in [0, 0.05) is 9.85 Å². The summed E-state index contributed by atoms with van der Waals surface area (Å²) in [7, 11) is 0. The largest absolute Gasteiger partial charge is 0.345 e. The molecule has 0 spiro atoms. The molecule has 0 aliphatic heterocycles. The van der Waals surface area contributed by atoms with E-state index in [2.05, 4.69) is 44.1 Å². The first-order valence-electron chi connectivity index (χ1n) is 5.90. The van der Waals surface area contributed by atoms with Crippen molar-refractivity contribution in [2.45, 2.75) is 19.4 Å². The van der Waals surface area contributed by atoms with Gasteiger partial charge in [0.05, 0.1) is 15.4 Å². The summed E-state index contributed by atoms with van der Waals surface area (Å²) in [4.78, 5) is 12.1. The first-order chi connectivity index (χ1) is 9.10. The average molecular weight is 403 g/mol. The van der Waals surface area contributed by atoms with Crippen LogP contribution in [0.1, 0.15) is 35.3 Å². The van der Waals surface area contributed by atoms with Crippen LogP contribution in [0.3, 0.4) is 0 Å². The van der Waals surface area contributed by atoms with E-state index in [1.54, 1.807) is 0 Å². The van der Waals surface area contributed by atoms with Crippen LogP contribution in [0.2, 0.25) is 0 Å². The van der Waals surface area contributed by atoms with Crippen LogP contribution in [-0.2, 0) is 0 Å². The molecule has 1 heterocycles. The van der Waals surface area contributed by atoms with Gasteiger partial charge in [0.25, 0.3) is 5.91 Å². The summed E-state index contributed by atoms with van der Waals surface area (Å²) in [5, 5.41) is 4.92. The topological polar surface area (TPSA) is 29.1 Å². The van der Waals surface area contributed by atoms with Gasteiger partial charge < -0.3 is 5.32 Å². The summed E-state index contributed by atoms with van der Waals surface area (Å²) >= 11 is 8.30. The molecule has 2 rings (SSSR count). The predicted molar refractivity (Wildman–Crippen MR) is 86.7 cm³/mol. The van der Waals surface area contributed by atoms with Gasteiger partial charge in [-0.2, -0.15) is 0 Å². The van der Waals surface area contributed by atoms with Crippen molar-refractivity contribution in [3.63, 3.8) is 0 Å². The average Bonchev–Trinajstić information content (AvgIpc) is 2.84. The lowest BCUT2D eigenvalue weighted by Gasteiger charge is -2.17. The Kier molecular flexibility index (Phi) is 5.19. The van der Waals surface area contributed by atoms with Gasteiger partial charge in [-0.25, -0.2) is 0 Å². The van der Waals surface area contributed by atoms with E-state index in [4.69, 9.17) is 0 Å². The Morgan fingerprint density at radius 1 is 1.32 bits per heavy atom. The van der Waals surface area contributed by atoms with Gasteiger partial charge in [-0.3, -0.25) is 4.79 Å². The molecule has 2 nitrogen and oxygen atoms in total. The third-order valence-corrected chi connectivity index (χ3v) is 4.85. The van der Waals surface area contributed by atoms with Crippen molar-refractivity contribution in [2.75, 3.05) is 0 Å². The molecule has 1 atom stereocenters. The minimum Gasteiger partial charge on any atom is -0.345 e. The molecule has 0 saturated heterocycles. The Morgan fingerprint density at radius 3 is 2.53 bits per heavy atom. The highest BCUT2D eigenvalue weighted by Gasteiger charge is 2.14. The smallest absolute Gasteiger partial charge is 0.252 e. The lowest BCUT2D eigenvalue weighted by molar-refractivity contribution is 0.0936. The van der Waals surface area contributed by atoms with Crippen molar-refractivity contribution in [1.29, 1.82) is 0 Å². The van der Waals surface area contributed by atoms with E-state index in [0.717, 1.165) is 20.2 Å². The van der Waals surface area contributed by atoms with Crippen LogP contribution >= 0.6 is 43.2 Å². The molecule has 1 amide bonds. The van der Waals surface area contributed by atoms with Crippen molar-refractivity contribution >= 4 is 49.1 Å². The van der Waals surface area contributed by atoms with Crippen molar-refractivity contribution in [3.8, 4) is 0 Å². The van der Waals surface area contributed by atoms with E-state index in [1.165, 1.54) is 11.3 Å². The zero-order chi connectivity index (χ0) is 13.8. The SMILES string of the molecule is CCC(NC(=O)c1csc(Br)c1)c1ccc(Br)cc1. The molecule has 0 saturated carbocycles. The highest BCUT2D eigenvalue weighted by atomic mass is 79.9. The zero-order valence-corrected chi connectivity index (χ0v) is 14.3. The maximum Gasteiger partial charge on any atom is 0.252 e. The summed E-state index contributed by atoms with van der Waals surface area (Å²) in [5.74, 6) is -0.0308. The van der Waals surface area contributed by atoms with Gasteiger partial charge >= 0.3 is 0 Å². The highest BCUT2D eigenvalue weighted by Crippen LogP contribution is 2.23. The van der Waals surface area contributed by atoms with Crippen LogP contribution in [0.15, 0.2) is 44.0 Å². The monoisotopic (exact) mass is 401 g/mol. The number of nitrogens with one attached hydrogen (secondary N) is 1. The Labute approximate surface area is 133 Å². The summed E-state index contributed by atoms with van der Waals surface area (Å²) < 4.78 is 2.01. The van der Waals surface area contributed by atoms with Crippen LogP contribution in [0, 0.1) is 0 Å². The molecule has 0 bridgehead atoms. The summed E-state index contributed by atoms with van der Waals surface area (Å²) in [6.45, 7) is 2.07. The molecule has 1 unspecified atom stereocenters. The zero-order valence-electron chi connectivity index (χ0n) is 10.3. The second kappa shape index (κ2) is 6.68. The van der Waals surface area contributed by atoms with Crippen LogP contribution in [0.4, 0.5) is 0 Å². The quantitative estimate of drug-likeness (QED) is 0.752. The molecular weight excluding hydrogens is 390 g/mol. The van der Waals surface area contributed by atoms with E-state index < -0.39 is 0 Å². The summed E-state index contributed by atoms with van der Waals surface area (Å²) in [6, 6.07) is 9.93. The van der Waals surface area contributed by atoms with Crippen molar-refractivity contribution in [2.24, 2.45) is 0 Å². The normalized spacial score (nSPS) is 12.2. The molecule has 0 aliphatic carbocycles. The van der Waals surface area contributed by atoms with E-state index in [9.17, 15) is 4.79 Å². The van der Waals surface area contributed by atoms with Gasteiger partial charge in [0.2, 0.25) is 0 Å². The van der Waals surface area contributed by atoms with Crippen molar-refractivity contribution in [3.05, 3.63) is 55.1 Å². The second-order valence-electron chi connectivity index (χ2n) is 4.13.